The summed E-state index contributed by atoms with van der Waals surface area (Å²) >= 11 is 1.68. The number of nitrogens with zero attached hydrogens (tertiary/aromatic N) is 2. The molecule has 1 atom stereocenters. The first kappa shape index (κ1) is 30.5. The summed E-state index contributed by atoms with van der Waals surface area (Å²) in [5.41, 5.74) is 1.99. The van der Waals surface area contributed by atoms with Gasteiger partial charge in [0, 0.05) is 41.9 Å². The minimum Gasteiger partial charge on any atom is -0.383 e. The molecule has 2 amide bonds. The van der Waals surface area contributed by atoms with Crippen molar-refractivity contribution in [2.24, 2.45) is 0 Å². The maximum atomic E-state index is 12.7. The molecule has 218 valence electrons. The quantitative estimate of drug-likeness (QED) is 0.124. The molecule has 42 heavy (non-hydrogen) atoms. The van der Waals surface area contributed by atoms with Crippen molar-refractivity contribution < 1.29 is 18.0 Å². The number of anilines is 2. The number of nitrogens with one attached hydrogen (secondary N) is 4. The molecule has 0 saturated heterocycles. The Morgan fingerprint density at radius 1 is 0.857 bits per heavy atom. The normalized spacial score (nSPS) is 11.7. The van der Waals surface area contributed by atoms with Crippen LogP contribution in [0.25, 0.3) is 0 Å². The molecule has 1 heterocycles. The lowest BCUT2D eigenvalue weighted by Crippen LogP contribution is -2.40. The molecule has 0 fully saturated rings. The zero-order chi connectivity index (χ0) is 29.8. The van der Waals surface area contributed by atoms with Crippen LogP contribution in [0.15, 0.2) is 107 Å². The Morgan fingerprint density at radius 2 is 1.50 bits per heavy atom. The second kappa shape index (κ2) is 15.0. The van der Waals surface area contributed by atoms with Crippen molar-refractivity contribution in [3.63, 3.8) is 0 Å². The number of amides is 2. The molecule has 10 nitrogen and oxygen atoms in total. The SMILES string of the molecule is CC(=O)NC(CNc1ccc(C(=O)NS(=O)(=O)c2cnc(NCCSc3ccccc3)nc2)cc1)Cc1ccccc1. The van der Waals surface area contributed by atoms with Gasteiger partial charge in [0.05, 0.1) is 18.4 Å². The smallest absolute Gasteiger partial charge is 0.267 e. The Bertz CT molecular complexity index is 1550. The van der Waals surface area contributed by atoms with Gasteiger partial charge in [-0.05, 0) is 48.4 Å². The van der Waals surface area contributed by atoms with Crippen LogP contribution in [0.2, 0.25) is 0 Å². The van der Waals surface area contributed by atoms with Crippen molar-refractivity contribution in [3.05, 3.63) is 108 Å². The number of carbonyl (C=O) groups is 2. The third kappa shape index (κ3) is 9.60. The van der Waals surface area contributed by atoms with E-state index in [0.717, 1.165) is 34.3 Å². The molecule has 0 aliphatic rings. The molecule has 0 aliphatic heterocycles. The Balaban J connectivity index is 1.27. The first-order valence-electron chi connectivity index (χ1n) is 13.2. The lowest BCUT2D eigenvalue weighted by Gasteiger charge is -2.19. The number of sulfonamides is 1. The first-order valence-corrected chi connectivity index (χ1v) is 15.7. The van der Waals surface area contributed by atoms with Gasteiger partial charge in [-0.2, -0.15) is 0 Å². The van der Waals surface area contributed by atoms with E-state index < -0.39 is 15.9 Å². The summed E-state index contributed by atoms with van der Waals surface area (Å²) < 4.78 is 27.5. The van der Waals surface area contributed by atoms with Crippen LogP contribution < -0.4 is 20.7 Å². The van der Waals surface area contributed by atoms with E-state index in [1.807, 2.05) is 60.7 Å². The van der Waals surface area contributed by atoms with E-state index in [2.05, 4.69) is 30.6 Å². The number of carbonyl (C=O) groups excluding carboxylic acids is 2. The first-order chi connectivity index (χ1) is 20.3. The molecule has 4 N–H and O–H groups in total. The molecule has 1 unspecified atom stereocenters. The zero-order valence-electron chi connectivity index (χ0n) is 23.0. The van der Waals surface area contributed by atoms with Crippen LogP contribution in [0, 0.1) is 0 Å². The second-order valence-electron chi connectivity index (χ2n) is 9.31. The third-order valence-electron chi connectivity index (χ3n) is 5.99. The van der Waals surface area contributed by atoms with Crippen molar-refractivity contribution in [2.75, 3.05) is 29.5 Å². The van der Waals surface area contributed by atoms with E-state index in [-0.39, 0.29) is 22.4 Å². The summed E-state index contributed by atoms with van der Waals surface area (Å²) in [5.74, 6) is 0.171. The Hall–Kier alpha value is -4.42. The fourth-order valence-electron chi connectivity index (χ4n) is 3.98. The van der Waals surface area contributed by atoms with Crippen LogP contribution in [0.4, 0.5) is 11.6 Å². The maximum absolute atomic E-state index is 12.7. The largest absolute Gasteiger partial charge is 0.383 e. The standard InChI is InChI=1S/C30H32N6O4S2/c1-22(37)35-26(18-23-8-4-2-5-9-23)19-32-25-14-12-24(13-15-25)29(38)36-42(39,40)28-20-33-30(34-21-28)31-16-17-41-27-10-6-3-7-11-27/h2-15,20-21,26,32H,16-19H2,1H3,(H,35,37)(H,36,38)(H,31,33,34). The summed E-state index contributed by atoms with van der Waals surface area (Å²) in [5, 5.41) is 9.25. The van der Waals surface area contributed by atoms with Crippen LogP contribution in [-0.4, -0.2) is 55.1 Å². The predicted molar refractivity (Wildman–Crippen MR) is 165 cm³/mol. The molecule has 12 heteroatoms. The van der Waals surface area contributed by atoms with Crippen molar-refractivity contribution >= 4 is 45.2 Å². The number of benzene rings is 3. The summed E-state index contributed by atoms with van der Waals surface area (Å²) in [6, 6.07) is 26.1. The Labute approximate surface area is 249 Å². The topological polar surface area (TPSA) is 142 Å². The highest BCUT2D eigenvalue weighted by Crippen LogP contribution is 2.17. The fourth-order valence-corrected chi connectivity index (χ4v) is 5.63. The van der Waals surface area contributed by atoms with Crippen LogP contribution in [0.3, 0.4) is 0 Å². The molecule has 4 rings (SSSR count). The second-order valence-corrected chi connectivity index (χ2v) is 12.2. The summed E-state index contributed by atoms with van der Waals surface area (Å²) in [4.78, 5) is 33.4. The van der Waals surface area contributed by atoms with Crippen LogP contribution >= 0.6 is 11.8 Å². The zero-order valence-corrected chi connectivity index (χ0v) is 24.6. The van der Waals surface area contributed by atoms with E-state index in [4.69, 9.17) is 0 Å². The van der Waals surface area contributed by atoms with Gasteiger partial charge in [0.15, 0.2) is 0 Å². The number of hydrogen-bond donors (Lipinski definition) is 4. The summed E-state index contributed by atoms with van der Waals surface area (Å²) in [6.45, 7) is 2.53. The lowest BCUT2D eigenvalue weighted by atomic mass is 10.1. The fraction of sp³-hybridized carbons (Fsp3) is 0.200. The number of hydrogen-bond acceptors (Lipinski definition) is 9. The third-order valence-corrected chi connectivity index (χ3v) is 8.29. The van der Waals surface area contributed by atoms with Gasteiger partial charge in [-0.1, -0.05) is 48.5 Å². The Morgan fingerprint density at radius 3 is 2.14 bits per heavy atom. The number of aromatic nitrogens is 2. The van der Waals surface area contributed by atoms with E-state index in [1.54, 1.807) is 23.9 Å². The monoisotopic (exact) mass is 604 g/mol. The number of rotatable bonds is 14. The minimum absolute atomic E-state index is 0.125. The molecule has 0 spiro atoms. The van der Waals surface area contributed by atoms with Crippen molar-refractivity contribution in [3.8, 4) is 0 Å². The molecular formula is C30H32N6O4S2. The molecule has 0 bridgehead atoms. The van der Waals surface area contributed by atoms with Gasteiger partial charge >= 0.3 is 0 Å². The molecule has 0 aliphatic carbocycles. The van der Waals surface area contributed by atoms with Crippen LogP contribution in [0.1, 0.15) is 22.8 Å². The number of thioether (sulfide) groups is 1. The van der Waals surface area contributed by atoms with Gasteiger partial charge in [-0.15, -0.1) is 11.8 Å². The van der Waals surface area contributed by atoms with Gasteiger partial charge in [0.1, 0.15) is 4.90 Å². The van der Waals surface area contributed by atoms with Crippen molar-refractivity contribution in [1.82, 2.24) is 20.0 Å². The van der Waals surface area contributed by atoms with E-state index >= 15 is 0 Å². The molecular weight excluding hydrogens is 573 g/mol. The Kier molecular flexibility index (Phi) is 10.9. The van der Waals surface area contributed by atoms with E-state index in [1.165, 1.54) is 19.1 Å². The van der Waals surface area contributed by atoms with Gasteiger partial charge < -0.3 is 16.0 Å². The minimum atomic E-state index is -4.17. The molecule has 0 radical (unpaired) electrons. The van der Waals surface area contributed by atoms with Crippen LogP contribution in [-0.2, 0) is 21.2 Å². The summed E-state index contributed by atoms with van der Waals surface area (Å²) in [6.07, 6.45) is 2.96. The van der Waals surface area contributed by atoms with Crippen molar-refractivity contribution in [1.29, 1.82) is 0 Å². The maximum Gasteiger partial charge on any atom is 0.267 e. The predicted octanol–water partition coefficient (Wildman–Crippen LogP) is 3.96. The molecule has 0 saturated carbocycles. The van der Waals surface area contributed by atoms with Crippen LogP contribution in [0.5, 0.6) is 0 Å². The highest BCUT2D eigenvalue weighted by molar-refractivity contribution is 7.99. The van der Waals surface area contributed by atoms with E-state index in [0.29, 0.717) is 25.5 Å². The van der Waals surface area contributed by atoms with Gasteiger partial charge in [-0.25, -0.2) is 23.1 Å². The van der Waals surface area contributed by atoms with Gasteiger partial charge in [0.25, 0.3) is 15.9 Å². The highest BCUT2D eigenvalue weighted by atomic mass is 32.2. The van der Waals surface area contributed by atoms with Gasteiger partial charge in [-0.3, -0.25) is 9.59 Å². The molecule has 3 aromatic carbocycles. The lowest BCUT2D eigenvalue weighted by molar-refractivity contribution is -0.119. The van der Waals surface area contributed by atoms with Gasteiger partial charge in [0.2, 0.25) is 11.9 Å². The van der Waals surface area contributed by atoms with Crippen molar-refractivity contribution in [2.45, 2.75) is 29.2 Å². The molecule has 1 aromatic heterocycles. The van der Waals surface area contributed by atoms with E-state index in [9.17, 15) is 18.0 Å². The highest BCUT2D eigenvalue weighted by Gasteiger charge is 2.20. The summed E-state index contributed by atoms with van der Waals surface area (Å²) in [7, 11) is -4.17. The molecule has 4 aromatic rings. The average Bonchev–Trinajstić information content (AvgIpc) is 2.99. The average molecular weight is 605 g/mol.